The van der Waals surface area contributed by atoms with Gasteiger partial charge in [-0.1, -0.05) is 24.0 Å². The number of methoxy groups -OCH3 is 1. The standard InChI is InChI=1S/C28H31NO5S2/c1-33-22-11-18(10-21(31)13-22)23-12-17(3-2-4-30)24(34-23)14-25-27(32)29(28(35)36-25)26-19-6-15-5-16(8-19)9-20(26)7-15/h10-16,19-20,26,30-31H,2-9H2,1H3/b25-14-. The SMILES string of the molecule is COc1cc(O)cc(-c2cc(CCCO)c(/C=C3\SC(=S)N(C4C5CC6CC(C5)CC4C6)C3=O)o2)c1. The van der Waals surface area contributed by atoms with Crippen molar-refractivity contribution in [3.05, 3.63) is 40.5 Å². The van der Waals surface area contributed by atoms with Gasteiger partial charge in [0.15, 0.2) is 0 Å². The molecule has 0 spiro atoms. The van der Waals surface area contributed by atoms with Gasteiger partial charge in [-0.25, -0.2) is 0 Å². The van der Waals surface area contributed by atoms with Crippen molar-refractivity contribution in [2.45, 2.75) is 51.0 Å². The van der Waals surface area contributed by atoms with Crippen LogP contribution in [-0.2, 0) is 11.2 Å². The summed E-state index contributed by atoms with van der Waals surface area (Å²) in [5.41, 5.74) is 1.58. The van der Waals surface area contributed by atoms with E-state index in [1.165, 1.54) is 49.9 Å². The third kappa shape index (κ3) is 4.27. The molecule has 2 N–H and O–H groups in total. The van der Waals surface area contributed by atoms with Gasteiger partial charge in [-0.05, 0) is 92.4 Å². The Balaban J connectivity index is 1.31. The van der Waals surface area contributed by atoms with Gasteiger partial charge in [0, 0.05) is 30.4 Å². The van der Waals surface area contributed by atoms with Gasteiger partial charge in [0.2, 0.25) is 0 Å². The van der Waals surface area contributed by atoms with Crippen molar-refractivity contribution in [3.8, 4) is 22.8 Å². The lowest BCUT2D eigenvalue weighted by Crippen LogP contribution is -2.57. The number of aromatic hydroxyl groups is 1. The highest BCUT2D eigenvalue weighted by Crippen LogP contribution is 2.56. The van der Waals surface area contributed by atoms with E-state index in [-0.39, 0.29) is 24.3 Å². The molecule has 4 aliphatic carbocycles. The first-order chi connectivity index (χ1) is 17.4. The van der Waals surface area contributed by atoms with E-state index in [4.69, 9.17) is 21.4 Å². The van der Waals surface area contributed by atoms with Crippen LogP contribution >= 0.6 is 24.0 Å². The van der Waals surface area contributed by atoms with Crippen molar-refractivity contribution in [2.24, 2.45) is 23.7 Å². The number of aliphatic hydroxyl groups excluding tert-OH is 1. The Morgan fingerprint density at radius 1 is 1.14 bits per heavy atom. The van der Waals surface area contributed by atoms with E-state index in [1.807, 2.05) is 17.0 Å². The first kappa shape index (κ1) is 24.1. The number of rotatable bonds is 7. The fourth-order valence-electron chi connectivity index (χ4n) is 7.19. The average Bonchev–Trinajstić information content (AvgIpc) is 3.37. The number of thiocarbonyl (C=S) groups is 1. The number of hydrogen-bond acceptors (Lipinski definition) is 7. The molecule has 1 aromatic carbocycles. The van der Waals surface area contributed by atoms with E-state index in [9.17, 15) is 15.0 Å². The molecular weight excluding hydrogens is 494 g/mol. The van der Waals surface area contributed by atoms with Gasteiger partial charge in [-0.3, -0.25) is 9.69 Å². The number of thioether (sulfide) groups is 1. The van der Waals surface area contributed by atoms with Gasteiger partial charge in [0.05, 0.1) is 12.0 Å². The van der Waals surface area contributed by atoms with Gasteiger partial charge in [0.1, 0.15) is 27.3 Å². The minimum Gasteiger partial charge on any atom is -0.508 e. The predicted molar refractivity (Wildman–Crippen MR) is 144 cm³/mol. The molecule has 36 heavy (non-hydrogen) atoms. The number of phenols is 1. The summed E-state index contributed by atoms with van der Waals surface area (Å²) in [5.74, 6) is 4.57. The molecule has 2 aromatic rings. The molecule has 5 fully saturated rings. The third-order valence-electron chi connectivity index (χ3n) is 8.42. The molecule has 1 saturated heterocycles. The molecule has 0 atom stereocenters. The van der Waals surface area contributed by atoms with Gasteiger partial charge < -0.3 is 19.4 Å². The molecule has 1 amide bonds. The Labute approximate surface area is 220 Å². The van der Waals surface area contributed by atoms with E-state index in [1.54, 1.807) is 19.2 Å². The lowest BCUT2D eigenvalue weighted by molar-refractivity contribution is -0.130. The summed E-state index contributed by atoms with van der Waals surface area (Å²) >= 11 is 7.13. The molecule has 5 aliphatic rings. The molecule has 6 nitrogen and oxygen atoms in total. The number of aliphatic hydroxyl groups is 1. The zero-order chi connectivity index (χ0) is 25.0. The minimum atomic E-state index is -0.00689. The second-order valence-electron chi connectivity index (χ2n) is 10.7. The molecule has 4 bridgehead atoms. The Hall–Kier alpha value is -2.29. The van der Waals surface area contributed by atoms with Crippen LogP contribution in [0.2, 0.25) is 0 Å². The second kappa shape index (κ2) is 9.54. The molecular formula is C28H31NO5S2. The van der Waals surface area contributed by atoms with E-state index >= 15 is 0 Å². The maximum absolute atomic E-state index is 13.7. The highest BCUT2D eigenvalue weighted by molar-refractivity contribution is 8.26. The van der Waals surface area contributed by atoms with Crippen LogP contribution in [0.25, 0.3) is 17.4 Å². The number of benzene rings is 1. The van der Waals surface area contributed by atoms with E-state index in [0.717, 1.165) is 17.4 Å². The van der Waals surface area contributed by atoms with Crippen LogP contribution in [0, 0.1) is 23.7 Å². The largest absolute Gasteiger partial charge is 0.508 e. The van der Waals surface area contributed by atoms with E-state index < -0.39 is 0 Å². The lowest BCUT2D eigenvalue weighted by Gasteiger charge is -2.56. The number of nitrogens with zero attached hydrogens (tertiary/aromatic N) is 1. The molecule has 2 heterocycles. The van der Waals surface area contributed by atoms with Gasteiger partial charge in [-0.15, -0.1) is 0 Å². The van der Waals surface area contributed by atoms with Crippen molar-refractivity contribution in [2.75, 3.05) is 13.7 Å². The van der Waals surface area contributed by atoms with E-state index in [2.05, 4.69) is 0 Å². The maximum atomic E-state index is 13.7. The summed E-state index contributed by atoms with van der Waals surface area (Å²) in [6, 6.07) is 7.09. The van der Waals surface area contributed by atoms with Crippen molar-refractivity contribution in [3.63, 3.8) is 0 Å². The van der Waals surface area contributed by atoms with Crippen LogP contribution in [-0.4, -0.2) is 45.1 Å². The smallest absolute Gasteiger partial charge is 0.266 e. The number of aryl methyl sites for hydroxylation is 1. The van der Waals surface area contributed by atoms with Crippen molar-refractivity contribution in [1.29, 1.82) is 0 Å². The molecule has 1 aromatic heterocycles. The second-order valence-corrected chi connectivity index (χ2v) is 12.4. The van der Waals surface area contributed by atoms with Crippen LogP contribution in [0.15, 0.2) is 33.6 Å². The van der Waals surface area contributed by atoms with Crippen LogP contribution in [0.5, 0.6) is 11.5 Å². The summed E-state index contributed by atoms with van der Waals surface area (Å²) in [6.45, 7) is 0.0640. The van der Waals surface area contributed by atoms with Crippen LogP contribution < -0.4 is 4.74 Å². The third-order valence-corrected chi connectivity index (χ3v) is 9.75. The van der Waals surface area contributed by atoms with Crippen LogP contribution in [0.4, 0.5) is 0 Å². The monoisotopic (exact) mass is 525 g/mol. The number of amides is 1. The molecule has 190 valence electrons. The predicted octanol–water partition coefficient (Wildman–Crippen LogP) is 5.61. The fraction of sp³-hybridized carbons (Fsp3) is 0.500. The zero-order valence-electron chi connectivity index (χ0n) is 20.3. The Morgan fingerprint density at radius 3 is 2.53 bits per heavy atom. The number of ether oxygens (including phenoxy) is 1. The molecule has 0 radical (unpaired) electrons. The Morgan fingerprint density at radius 2 is 1.86 bits per heavy atom. The zero-order valence-corrected chi connectivity index (χ0v) is 21.9. The number of furan rings is 1. The molecule has 7 rings (SSSR count). The lowest BCUT2D eigenvalue weighted by atomic mass is 9.54. The molecule has 4 saturated carbocycles. The molecule has 8 heteroatoms. The quantitative estimate of drug-likeness (QED) is 0.359. The van der Waals surface area contributed by atoms with Crippen LogP contribution in [0.1, 0.15) is 49.8 Å². The highest BCUT2D eigenvalue weighted by atomic mass is 32.2. The van der Waals surface area contributed by atoms with Crippen molar-refractivity contribution >= 4 is 40.3 Å². The number of carbonyl (C=O) groups is 1. The Kier molecular flexibility index (Phi) is 6.38. The number of carbonyl (C=O) groups excluding carboxylic acids is 1. The topological polar surface area (TPSA) is 83.1 Å². The number of phenolic OH excluding ortho intramolecular Hbond substituents is 1. The number of hydrogen-bond donors (Lipinski definition) is 2. The van der Waals surface area contributed by atoms with Gasteiger partial charge in [-0.2, -0.15) is 0 Å². The molecule has 0 unspecified atom stereocenters. The van der Waals surface area contributed by atoms with Gasteiger partial charge >= 0.3 is 0 Å². The first-order valence-electron chi connectivity index (χ1n) is 12.8. The fourth-order valence-corrected chi connectivity index (χ4v) is 8.51. The maximum Gasteiger partial charge on any atom is 0.266 e. The average molecular weight is 526 g/mol. The first-order valence-corrected chi connectivity index (χ1v) is 14.0. The Bertz CT molecular complexity index is 1210. The van der Waals surface area contributed by atoms with Gasteiger partial charge in [0.25, 0.3) is 5.91 Å². The minimum absolute atomic E-state index is 0.00689. The normalized spacial score (nSPS) is 30.1. The van der Waals surface area contributed by atoms with E-state index in [0.29, 0.717) is 56.7 Å². The van der Waals surface area contributed by atoms with Crippen molar-refractivity contribution in [1.82, 2.24) is 4.90 Å². The summed E-state index contributed by atoms with van der Waals surface area (Å²) in [4.78, 5) is 16.2. The summed E-state index contributed by atoms with van der Waals surface area (Å²) in [7, 11) is 1.55. The van der Waals surface area contributed by atoms with Crippen LogP contribution in [0.3, 0.4) is 0 Å². The highest BCUT2D eigenvalue weighted by Gasteiger charge is 2.53. The summed E-state index contributed by atoms with van der Waals surface area (Å²) < 4.78 is 12.2. The summed E-state index contributed by atoms with van der Waals surface area (Å²) in [5, 5.41) is 19.5. The molecule has 1 aliphatic heterocycles. The van der Waals surface area contributed by atoms with Crippen molar-refractivity contribution < 1.29 is 24.2 Å². The summed E-state index contributed by atoms with van der Waals surface area (Å²) in [6.07, 6.45) is 9.30.